The summed E-state index contributed by atoms with van der Waals surface area (Å²) in [4.78, 5) is 10.4. The van der Waals surface area contributed by atoms with Crippen molar-refractivity contribution < 1.29 is 14.1 Å². The van der Waals surface area contributed by atoms with Gasteiger partial charge >= 0.3 is 0 Å². The van der Waals surface area contributed by atoms with Gasteiger partial charge < -0.3 is 10.1 Å². The summed E-state index contributed by atoms with van der Waals surface area (Å²) in [6.45, 7) is 0.276. The van der Waals surface area contributed by atoms with Crippen molar-refractivity contribution in [3.05, 3.63) is 62.9 Å². The molecule has 0 radical (unpaired) electrons. The van der Waals surface area contributed by atoms with Gasteiger partial charge in [-0.1, -0.05) is 11.6 Å². The molecule has 21 heavy (non-hydrogen) atoms. The average Bonchev–Trinajstić information content (AvgIpc) is 2.43. The molecule has 0 spiro atoms. The maximum atomic E-state index is 13.2. The molecule has 0 aromatic heterocycles. The lowest BCUT2D eigenvalue weighted by molar-refractivity contribution is -0.385. The van der Waals surface area contributed by atoms with Crippen LogP contribution in [-0.2, 0) is 6.54 Å². The van der Waals surface area contributed by atoms with Crippen molar-refractivity contribution in [1.82, 2.24) is 0 Å². The molecule has 0 unspecified atom stereocenters. The van der Waals surface area contributed by atoms with E-state index in [1.807, 2.05) is 0 Å². The van der Waals surface area contributed by atoms with Crippen molar-refractivity contribution in [2.75, 3.05) is 12.4 Å². The van der Waals surface area contributed by atoms with Gasteiger partial charge in [0.1, 0.15) is 11.6 Å². The monoisotopic (exact) mass is 310 g/mol. The molecule has 5 nitrogen and oxygen atoms in total. The van der Waals surface area contributed by atoms with Crippen molar-refractivity contribution in [2.24, 2.45) is 0 Å². The lowest BCUT2D eigenvalue weighted by atomic mass is 10.2. The van der Waals surface area contributed by atoms with Crippen LogP contribution in [0.3, 0.4) is 0 Å². The van der Waals surface area contributed by atoms with E-state index in [2.05, 4.69) is 5.32 Å². The number of hydrogen-bond donors (Lipinski definition) is 1. The number of nitro groups is 1. The van der Waals surface area contributed by atoms with Crippen LogP contribution < -0.4 is 10.1 Å². The van der Waals surface area contributed by atoms with Gasteiger partial charge in [0, 0.05) is 23.3 Å². The number of nitrogens with zero attached hydrogens (tertiary/aromatic N) is 1. The fourth-order valence-corrected chi connectivity index (χ4v) is 2.05. The van der Waals surface area contributed by atoms with Gasteiger partial charge in [0.2, 0.25) is 0 Å². The number of nitrogens with one attached hydrogen (secondary N) is 1. The molecule has 0 aliphatic rings. The Labute approximate surface area is 125 Å². The fraction of sp³-hybridized carbons (Fsp3) is 0.143. The topological polar surface area (TPSA) is 64.4 Å². The molecule has 2 aromatic rings. The van der Waals surface area contributed by atoms with Crippen LogP contribution >= 0.6 is 11.6 Å². The van der Waals surface area contributed by atoms with Gasteiger partial charge in [0.15, 0.2) is 0 Å². The highest BCUT2D eigenvalue weighted by Gasteiger charge is 2.10. The molecular formula is C14H12ClFN2O3. The number of anilines is 1. The highest BCUT2D eigenvalue weighted by Crippen LogP contribution is 2.24. The Bertz CT molecular complexity index is 659. The van der Waals surface area contributed by atoms with Crippen molar-refractivity contribution in [3.8, 4) is 5.75 Å². The third kappa shape index (κ3) is 4.06. The van der Waals surface area contributed by atoms with Gasteiger partial charge in [-0.15, -0.1) is 0 Å². The number of halogens is 2. The second-order valence-electron chi connectivity index (χ2n) is 4.31. The van der Waals surface area contributed by atoms with Gasteiger partial charge in [-0.2, -0.15) is 0 Å². The van der Waals surface area contributed by atoms with E-state index in [0.717, 1.165) is 0 Å². The first-order valence-electron chi connectivity index (χ1n) is 6.00. The van der Waals surface area contributed by atoms with E-state index in [0.29, 0.717) is 17.0 Å². The van der Waals surface area contributed by atoms with Crippen LogP contribution in [0.4, 0.5) is 15.8 Å². The van der Waals surface area contributed by atoms with E-state index >= 15 is 0 Å². The van der Waals surface area contributed by atoms with E-state index in [9.17, 15) is 14.5 Å². The van der Waals surface area contributed by atoms with Gasteiger partial charge in [-0.3, -0.25) is 10.1 Å². The molecule has 2 aromatic carbocycles. The lowest BCUT2D eigenvalue weighted by Gasteiger charge is -2.09. The number of hydrogen-bond acceptors (Lipinski definition) is 4. The predicted molar refractivity (Wildman–Crippen MR) is 78.4 cm³/mol. The number of non-ortho nitro benzene ring substituents is 1. The second kappa shape index (κ2) is 6.41. The molecule has 0 saturated carbocycles. The molecule has 1 N–H and O–H groups in total. The smallest absolute Gasteiger partial charge is 0.273 e. The molecule has 0 bridgehead atoms. The number of nitro benzene ring substituents is 1. The predicted octanol–water partition coefficient (Wildman–Crippen LogP) is 4.01. The van der Waals surface area contributed by atoms with E-state index in [-0.39, 0.29) is 17.3 Å². The maximum absolute atomic E-state index is 13.2. The quantitative estimate of drug-likeness (QED) is 0.669. The lowest BCUT2D eigenvalue weighted by Crippen LogP contribution is -2.01. The molecule has 0 saturated heterocycles. The molecule has 7 heteroatoms. The summed E-state index contributed by atoms with van der Waals surface area (Å²) in [7, 11) is 1.43. The summed E-state index contributed by atoms with van der Waals surface area (Å²) < 4.78 is 18.2. The molecule has 0 atom stereocenters. The van der Waals surface area contributed by atoms with Crippen molar-refractivity contribution >= 4 is 23.0 Å². The standard InChI is InChI=1S/C14H12ClFN2O3/c1-21-14-3-9(2-13(7-14)18(19)20)8-17-12-5-10(15)4-11(16)6-12/h2-7,17H,8H2,1H3. The molecular weight excluding hydrogens is 299 g/mol. The third-order valence-electron chi connectivity index (χ3n) is 2.76. The Hall–Kier alpha value is -2.34. The van der Waals surface area contributed by atoms with Crippen LogP contribution in [0.1, 0.15) is 5.56 Å². The summed E-state index contributed by atoms with van der Waals surface area (Å²) in [6, 6.07) is 8.49. The Morgan fingerprint density at radius 2 is 2.05 bits per heavy atom. The van der Waals surface area contributed by atoms with Gasteiger partial charge in [-0.25, -0.2) is 4.39 Å². The average molecular weight is 311 g/mol. The molecule has 110 valence electrons. The first-order valence-corrected chi connectivity index (χ1v) is 6.38. The molecule has 0 amide bonds. The summed E-state index contributed by atoms with van der Waals surface area (Å²) in [6.07, 6.45) is 0. The Kier molecular flexibility index (Phi) is 4.59. The third-order valence-corrected chi connectivity index (χ3v) is 2.98. The van der Waals surface area contributed by atoms with E-state index in [4.69, 9.17) is 16.3 Å². The number of methoxy groups -OCH3 is 1. The van der Waals surface area contributed by atoms with Crippen LogP contribution in [0.5, 0.6) is 5.75 Å². The van der Waals surface area contributed by atoms with Crippen LogP contribution in [-0.4, -0.2) is 12.0 Å². The molecule has 0 fully saturated rings. The zero-order valence-electron chi connectivity index (χ0n) is 11.1. The summed E-state index contributed by atoms with van der Waals surface area (Å²) in [5.74, 6) is -0.0695. The Balaban J connectivity index is 2.19. The highest BCUT2D eigenvalue weighted by atomic mass is 35.5. The molecule has 2 rings (SSSR count). The summed E-state index contributed by atoms with van der Waals surface area (Å²) in [5, 5.41) is 14.1. The van der Waals surface area contributed by atoms with Gasteiger partial charge in [0.05, 0.1) is 18.1 Å². The van der Waals surface area contributed by atoms with E-state index < -0.39 is 10.7 Å². The largest absolute Gasteiger partial charge is 0.496 e. The van der Waals surface area contributed by atoms with Gasteiger partial charge in [-0.05, 0) is 29.8 Å². The second-order valence-corrected chi connectivity index (χ2v) is 4.74. The van der Waals surface area contributed by atoms with Crippen LogP contribution in [0.15, 0.2) is 36.4 Å². The minimum absolute atomic E-state index is 0.0663. The van der Waals surface area contributed by atoms with Crippen LogP contribution in [0.2, 0.25) is 5.02 Å². The SMILES string of the molecule is COc1cc(CNc2cc(F)cc(Cl)c2)cc([N+](=O)[O-])c1. The summed E-state index contributed by atoms with van der Waals surface area (Å²) >= 11 is 5.76. The minimum Gasteiger partial charge on any atom is -0.496 e. The van der Waals surface area contributed by atoms with Crippen LogP contribution in [0.25, 0.3) is 0 Å². The first-order chi connectivity index (χ1) is 9.97. The first kappa shape index (κ1) is 15.1. The number of rotatable bonds is 5. The van der Waals surface area contributed by atoms with Crippen LogP contribution in [0, 0.1) is 15.9 Å². The normalized spacial score (nSPS) is 10.2. The van der Waals surface area contributed by atoms with Crippen molar-refractivity contribution in [2.45, 2.75) is 6.54 Å². The zero-order chi connectivity index (χ0) is 15.4. The zero-order valence-corrected chi connectivity index (χ0v) is 11.9. The molecule has 0 heterocycles. The highest BCUT2D eigenvalue weighted by molar-refractivity contribution is 6.30. The van der Waals surface area contributed by atoms with Crippen molar-refractivity contribution in [1.29, 1.82) is 0 Å². The fourth-order valence-electron chi connectivity index (χ4n) is 1.83. The van der Waals surface area contributed by atoms with Gasteiger partial charge in [0.25, 0.3) is 5.69 Å². The summed E-state index contributed by atoms with van der Waals surface area (Å²) in [5.41, 5.74) is 1.07. The minimum atomic E-state index is -0.495. The molecule has 0 aliphatic heterocycles. The Morgan fingerprint density at radius 3 is 2.67 bits per heavy atom. The number of benzene rings is 2. The molecule has 0 aliphatic carbocycles. The van der Waals surface area contributed by atoms with Crippen molar-refractivity contribution in [3.63, 3.8) is 0 Å². The maximum Gasteiger partial charge on any atom is 0.273 e. The van der Waals surface area contributed by atoms with E-state index in [1.54, 1.807) is 12.1 Å². The Morgan fingerprint density at radius 1 is 1.29 bits per heavy atom. The van der Waals surface area contributed by atoms with E-state index in [1.165, 1.54) is 31.4 Å². The number of ether oxygens (including phenoxy) is 1.